The quantitative estimate of drug-likeness (QED) is 0.768. The number of hydrogen-bond acceptors (Lipinski definition) is 4. The van der Waals surface area contributed by atoms with Crippen LogP contribution in [0.4, 0.5) is 0 Å². The highest BCUT2D eigenvalue weighted by atomic mass is 16.5. The molecule has 0 aromatic heterocycles. The van der Waals surface area contributed by atoms with E-state index in [0.717, 1.165) is 26.1 Å². The maximum Gasteiger partial charge on any atom is 0.0673 e. The maximum absolute atomic E-state index is 9.50. The number of nitrogens with zero attached hydrogens (tertiary/aromatic N) is 1. The van der Waals surface area contributed by atoms with Crippen molar-refractivity contribution in [2.75, 3.05) is 26.3 Å². The zero-order valence-electron chi connectivity index (χ0n) is 11.7. The first-order chi connectivity index (χ1) is 8.17. The van der Waals surface area contributed by atoms with E-state index >= 15 is 0 Å². The Morgan fingerprint density at radius 3 is 2.59 bits per heavy atom. The third kappa shape index (κ3) is 6.36. The molecule has 0 radical (unpaired) electrons. The summed E-state index contributed by atoms with van der Waals surface area (Å²) in [4.78, 5) is 2.22. The predicted molar refractivity (Wildman–Crippen MR) is 70.1 cm³/mol. The lowest BCUT2D eigenvalue weighted by Gasteiger charge is -2.38. The van der Waals surface area contributed by atoms with E-state index in [9.17, 15) is 10.2 Å². The zero-order chi connectivity index (χ0) is 13.3. The highest BCUT2D eigenvalue weighted by molar-refractivity contribution is 4.82. The number of piperidine rings is 1. The van der Waals surface area contributed by atoms with Crippen LogP contribution < -0.4 is 0 Å². The summed E-state index contributed by atoms with van der Waals surface area (Å²) in [5.41, 5.74) is 0. The van der Waals surface area contributed by atoms with Crippen molar-refractivity contribution in [3.8, 4) is 0 Å². The molecule has 0 aromatic carbocycles. The van der Waals surface area contributed by atoms with E-state index in [1.54, 1.807) is 0 Å². The van der Waals surface area contributed by atoms with Crippen LogP contribution in [0.5, 0.6) is 0 Å². The Balaban J connectivity index is 0.00000121. The van der Waals surface area contributed by atoms with Gasteiger partial charge in [-0.2, -0.15) is 0 Å². The van der Waals surface area contributed by atoms with E-state index in [0.29, 0.717) is 6.42 Å². The summed E-state index contributed by atoms with van der Waals surface area (Å²) < 4.78 is 5.48. The fourth-order valence-electron chi connectivity index (χ4n) is 2.18. The van der Waals surface area contributed by atoms with E-state index in [2.05, 4.69) is 4.90 Å². The van der Waals surface area contributed by atoms with Gasteiger partial charge in [0.25, 0.3) is 0 Å². The molecule has 4 nitrogen and oxygen atoms in total. The predicted octanol–water partition coefficient (Wildman–Crippen LogP) is 1.26. The molecule has 0 aromatic rings. The highest BCUT2D eigenvalue weighted by Crippen LogP contribution is 2.17. The van der Waals surface area contributed by atoms with Crippen molar-refractivity contribution in [2.24, 2.45) is 0 Å². The van der Waals surface area contributed by atoms with Crippen molar-refractivity contribution in [3.63, 3.8) is 0 Å². The molecule has 17 heavy (non-hydrogen) atoms. The third-order valence-electron chi connectivity index (χ3n) is 2.96. The normalized spacial score (nSPS) is 27.2. The van der Waals surface area contributed by atoms with Crippen LogP contribution in [0, 0.1) is 0 Å². The Hall–Kier alpha value is -0.160. The van der Waals surface area contributed by atoms with Crippen LogP contribution in [0.3, 0.4) is 0 Å². The number of likely N-dealkylation sites (tertiary alicyclic amines) is 1. The van der Waals surface area contributed by atoms with Crippen molar-refractivity contribution in [1.29, 1.82) is 0 Å². The van der Waals surface area contributed by atoms with Crippen molar-refractivity contribution < 1.29 is 14.9 Å². The summed E-state index contributed by atoms with van der Waals surface area (Å²) in [7, 11) is 0. The van der Waals surface area contributed by atoms with Crippen molar-refractivity contribution >= 4 is 0 Å². The lowest BCUT2D eigenvalue weighted by Crippen LogP contribution is -2.49. The summed E-state index contributed by atoms with van der Waals surface area (Å²) in [6, 6.07) is 0.0941. The van der Waals surface area contributed by atoms with Gasteiger partial charge in [-0.05, 0) is 26.7 Å². The molecule has 1 aliphatic heterocycles. The fourth-order valence-corrected chi connectivity index (χ4v) is 2.18. The smallest absolute Gasteiger partial charge is 0.0673 e. The molecular formula is C13H29NO3. The molecular weight excluding hydrogens is 218 g/mol. The Morgan fingerprint density at radius 2 is 2.06 bits per heavy atom. The molecule has 1 heterocycles. The fraction of sp³-hybridized carbons (Fsp3) is 1.00. The standard InChI is InChI=1S/C11H23NO3.C2H6/c1-3-15-9(2)7-12-5-4-11(14)6-10(12)8-13;1-2/h9-11,13-14H,3-8H2,1-2H3;1-2H3. The Labute approximate surface area is 106 Å². The molecule has 0 saturated carbocycles. The summed E-state index contributed by atoms with van der Waals surface area (Å²) >= 11 is 0. The minimum atomic E-state index is -0.249. The van der Waals surface area contributed by atoms with Gasteiger partial charge in [0.1, 0.15) is 0 Å². The SMILES string of the molecule is CC.CCOC(C)CN1CCC(O)CC1CO. The number of aliphatic hydroxyl groups is 2. The van der Waals surface area contributed by atoms with Crippen molar-refractivity contribution in [1.82, 2.24) is 4.90 Å². The van der Waals surface area contributed by atoms with Gasteiger partial charge >= 0.3 is 0 Å². The van der Waals surface area contributed by atoms with Crippen molar-refractivity contribution in [3.05, 3.63) is 0 Å². The molecule has 3 unspecified atom stereocenters. The van der Waals surface area contributed by atoms with Gasteiger partial charge in [0.15, 0.2) is 0 Å². The van der Waals surface area contributed by atoms with Crippen LogP contribution in [-0.2, 0) is 4.74 Å². The van der Waals surface area contributed by atoms with Crippen molar-refractivity contribution in [2.45, 2.75) is 58.8 Å². The van der Waals surface area contributed by atoms with Gasteiger partial charge in [-0.3, -0.25) is 4.90 Å². The summed E-state index contributed by atoms with van der Waals surface area (Å²) in [5.74, 6) is 0. The van der Waals surface area contributed by atoms with E-state index in [-0.39, 0.29) is 24.9 Å². The maximum atomic E-state index is 9.50. The van der Waals surface area contributed by atoms with Gasteiger partial charge in [0.2, 0.25) is 0 Å². The van der Waals surface area contributed by atoms with E-state index in [1.165, 1.54) is 0 Å². The Bertz CT molecular complexity index is 178. The molecule has 1 rings (SSSR count). The van der Waals surface area contributed by atoms with Gasteiger partial charge in [0.05, 0.1) is 18.8 Å². The average molecular weight is 247 g/mol. The largest absolute Gasteiger partial charge is 0.395 e. The molecule has 1 saturated heterocycles. The molecule has 0 spiro atoms. The monoisotopic (exact) mass is 247 g/mol. The summed E-state index contributed by atoms with van der Waals surface area (Å²) in [6.07, 6.45) is 1.42. The first kappa shape index (κ1) is 16.8. The second-order valence-electron chi connectivity index (χ2n) is 4.28. The molecule has 1 fully saturated rings. The minimum absolute atomic E-state index is 0.0941. The molecule has 104 valence electrons. The first-order valence-corrected chi connectivity index (χ1v) is 6.82. The van der Waals surface area contributed by atoms with Crippen LogP contribution >= 0.6 is 0 Å². The van der Waals surface area contributed by atoms with E-state index in [4.69, 9.17) is 4.74 Å². The number of rotatable bonds is 5. The molecule has 4 heteroatoms. The molecule has 0 aliphatic carbocycles. The summed E-state index contributed by atoms with van der Waals surface area (Å²) in [5, 5.41) is 18.7. The zero-order valence-corrected chi connectivity index (χ0v) is 11.7. The highest BCUT2D eigenvalue weighted by Gasteiger charge is 2.27. The first-order valence-electron chi connectivity index (χ1n) is 6.82. The van der Waals surface area contributed by atoms with Gasteiger partial charge in [0, 0.05) is 25.7 Å². The third-order valence-corrected chi connectivity index (χ3v) is 2.96. The van der Waals surface area contributed by atoms with Gasteiger partial charge < -0.3 is 14.9 Å². The van der Waals surface area contributed by atoms with Gasteiger partial charge in [-0.1, -0.05) is 13.8 Å². The topological polar surface area (TPSA) is 52.9 Å². The second-order valence-corrected chi connectivity index (χ2v) is 4.28. The van der Waals surface area contributed by atoms with Crippen LogP contribution in [0.1, 0.15) is 40.5 Å². The Morgan fingerprint density at radius 1 is 1.41 bits per heavy atom. The van der Waals surface area contributed by atoms with Crippen LogP contribution in [0.2, 0.25) is 0 Å². The lowest BCUT2D eigenvalue weighted by molar-refractivity contribution is -0.0192. The molecule has 1 aliphatic rings. The number of aliphatic hydroxyl groups excluding tert-OH is 2. The summed E-state index contributed by atoms with van der Waals surface area (Å²) in [6.45, 7) is 10.6. The molecule has 0 amide bonds. The second kappa shape index (κ2) is 9.83. The van der Waals surface area contributed by atoms with Crippen LogP contribution in [-0.4, -0.2) is 59.7 Å². The van der Waals surface area contributed by atoms with Gasteiger partial charge in [-0.25, -0.2) is 0 Å². The lowest BCUT2D eigenvalue weighted by atomic mass is 10.00. The number of ether oxygens (including phenoxy) is 1. The van der Waals surface area contributed by atoms with E-state index < -0.39 is 0 Å². The van der Waals surface area contributed by atoms with Crippen LogP contribution in [0.15, 0.2) is 0 Å². The van der Waals surface area contributed by atoms with E-state index in [1.807, 2.05) is 27.7 Å². The average Bonchev–Trinajstić information content (AvgIpc) is 2.34. The molecule has 3 atom stereocenters. The minimum Gasteiger partial charge on any atom is -0.395 e. The molecule has 0 bridgehead atoms. The number of hydrogen-bond donors (Lipinski definition) is 2. The van der Waals surface area contributed by atoms with Crippen LogP contribution in [0.25, 0.3) is 0 Å². The Kier molecular flexibility index (Phi) is 9.74. The van der Waals surface area contributed by atoms with Gasteiger partial charge in [-0.15, -0.1) is 0 Å². The molecule has 2 N–H and O–H groups in total.